The quantitative estimate of drug-likeness (QED) is 0.789. The van der Waals surface area contributed by atoms with Gasteiger partial charge in [-0.3, -0.25) is 4.79 Å². The SMILES string of the molecule is Cc1cc(C)n(C(=O)C=Cc2ccc(C(C)C)cc2)n1. The number of hydrogen-bond donors (Lipinski definition) is 0. The minimum absolute atomic E-state index is 0.122. The van der Waals surface area contributed by atoms with Crippen LogP contribution in [0.25, 0.3) is 6.08 Å². The Morgan fingerprint density at radius 1 is 1.20 bits per heavy atom. The Morgan fingerprint density at radius 2 is 1.85 bits per heavy atom. The Balaban J connectivity index is 2.13. The largest absolute Gasteiger partial charge is 0.271 e. The van der Waals surface area contributed by atoms with Gasteiger partial charge in [0.25, 0.3) is 5.91 Å². The minimum atomic E-state index is -0.122. The van der Waals surface area contributed by atoms with Crippen molar-refractivity contribution in [1.82, 2.24) is 9.78 Å². The summed E-state index contributed by atoms with van der Waals surface area (Å²) in [6.45, 7) is 8.09. The molecule has 0 bridgehead atoms. The number of aryl methyl sites for hydroxylation is 2. The first-order chi connectivity index (χ1) is 9.47. The molecule has 1 aromatic heterocycles. The third-order valence-electron chi connectivity index (χ3n) is 3.24. The number of carbonyl (C=O) groups excluding carboxylic acids is 1. The third kappa shape index (κ3) is 3.23. The van der Waals surface area contributed by atoms with Crippen LogP contribution in [0.2, 0.25) is 0 Å². The van der Waals surface area contributed by atoms with Gasteiger partial charge in [-0.1, -0.05) is 38.1 Å². The molecule has 3 nitrogen and oxygen atoms in total. The second-order valence-electron chi connectivity index (χ2n) is 5.33. The average molecular weight is 268 g/mol. The van der Waals surface area contributed by atoms with Crippen LogP contribution in [0.4, 0.5) is 0 Å². The maximum Gasteiger partial charge on any atom is 0.271 e. The van der Waals surface area contributed by atoms with Gasteiger partial charge < -0.3 is 0 Å². The van der Waals surface area contributed by atoms with Crippen LogP contribution in [0, 0.1) is 13.8 Å². The third-order valence-corrected chi connectivity index (χ3v) is 3.24. The smallest absolute Gasteiger partial charge is 0.267 e. The van der Waals surface area contributed by atoms with Crippen LogP contribution in [-0.4, -0.2) is 15.7 Å². The summed E-state index contributed by atoms with van der Waals surface area (Å²) in [6, 6.07) is 10.1. The molecule has 104 valence electrons. The van der Waals surface area contributed by atoms with Crippen molar-refractivity contribution in [1.29, 1.82) is 0 Å². The molecule has 0 atom stereocenters. The molecular weight excluding hydrogens is 248 g/mol. The number of hydrogen-bond acceptors (Lipinski definition) is 2. The van der Waals surface area contributed by atoms with Crippen molar-refractivity contribution in [2.45, 2.75) is 33.6 Å². The monoisotopic (exact) mass is 268 g/mol. The highest BCUT2D eigenvalue weighted by molar-refractivity contribution is 5.93. The topological polar surface area (TPSA) is 34.9 Å². The summed E-state index contributed by atoms with van der Waals surface area (Å²) in [4.78, 5) is 12.0. The molecule has 20 heavy (non-hydrogen) atoms. The first-order valence-corrected chi connectivity index (χ1v) is 6.83. The van der Waals surface area contributed by atoms with E-state index in [0.717, 1.165) is 17.0 Å². The van der Waals surface area contributed by atoms with Crippen molar-refractivity contribution in [2.75, 3.05) is 0 Å². The van der Waals surface area contributed by atoms with E-state index in [-0.39, 0.29) is 5.91 Å². The molecule has 0 aliphatic rings. The van der Waals surface area contributed by atoms with Gasteiger partial charge in [0.05, 0.1) is 5.69 Å². The molecule has 2 rings (SSSR count). The molecule has 0 saturated heterocycles. The van der Waals surface area contributed by atoms with Crippen LogP contribution < -0.4 is 0 Å². The summed E-state index contributed by atoms with van der Waals surface area (Å²) in [7, 11) is 0. The van der Waals surface area contributed by atoms with E-state index in [1.54, 1.807) is 6.08 Å². The van der Waals surface area contributed by atoms with Crippen LogP contribution in [-0.2, 0) is 0 Å². The highest BCUT2D eigenvalue weighted by atomic mass is 16.2. The van der Waals surface area contributed by atoms with Crippen LogP contribution in [0.3, 0.4) is 0 Å². The van der Waals surface area contributed by atoms with E-state index in [9.17, 15) is 4.79 Å². The van der Waals surface area contributed by atoms with Gasteiger partial charge in [-0.05, 0) is 43.0 Å². The van der Waals surface area contributed by atoms with E-state index in [1.165, 1.54) is 10.2 Å². The molecule has 0 N–H and O–H groups in total. The number of nitrogens with zero attached hydrogens (tertiary/aromatic N) is 2. The van der Waals surface area contributed by atoms with Crippen molar-refractivity contribution in [3.63, 3.8) is 0 Å². The zero-order valence-corrected chi connectivity index (χ0v) is 12.4. The zero-order chi connectivity index (χ0) is 14.7. The van der Waals surface area contributed by atoms with E-state index in [2.05, 4.69) is 31.1 Å². The lowest BCUT2D eigenvalue weighted by atomic mass is 10.0. The second-order valence-corrected chi connectivity index (χ2v) is 5.33. The van der Waals surface area contributed by atoms with E-state index < -0.39 is 0 Å². The Hall–Kier alpha value is -2.16. The van der Waals surface area contributed by atoms with Gasteiger partial charge in [0, 0.05) is 11.8 Å². The second kappa shape index (κ2) is 5.87. The van der Waals surface area contributed by atoms with Crippen molar-refractivity contribution in [2.24, 2.45) is 0 Å². The number of aromatic nitrogens is 2. The van der Waals surface area contributed by atoms with Gasteiger partial charge in [0.1, 0.15) is 0 Å². The summed E-state index contributed by atoms with van der Waals surface area (Å²) in [5.74, 6) is 0.396. The predicted molar refractivity (Wildman–Crippen MR) is 81.9 cm³/mol. The van der Waals surface area contributed by atoms with Gasteiger partial charge in [-0.25, -0.2) is 4.68 Å². The number of benzene rings is 1. The summed E-state index contributed by atoms with van der Waals surface area (Å²) < 4.78 is 1.42. The van der Waals surface area contributed by atoms with Gasteiger partial charge in [-0.15, -0.1) is 0 Å². The van der Waals surface area contributed by atoms with Gasteiger partial charge in [0.2, 0.25) is 0 Å². The van der Waals surface area contributed by atoms with Crippen molar-refractivity contribution >= 4 is 12.0 Å². The maximum absolute atomic E-state index is 12.0. The molecule has 1 heterocycles. The average Bonchev–Trinajstić information content (AvgIpc) is 2.75. The van der Waals surface area contributed by atoms with Gasteiger partial charge in [0.15, 0.2) is 0 Å². The van der Waals surface area contributed by atoms with E-state index >= 15 is 0 Å². The molecule has 0 aliphatic carbocycles. The Bertz CT molecular complexity index is 634. The lowest BCUT2D eigenvalue weighted by Gasteiger charge is -2.04. The summed E-state index contributed by atoms with van der Waals surface area (Å²) in [5, 5.41) is 4.18. The standard InChI is InChI=1S/C17H20N2O/c1-12(2)16-8-5-15(6-9-16)7-10-17(20)19-14(4)11-13(3)18-19/h5-12H,1-4H3. The van der Waals surface area contributed by atoms with Crippen LogP contribution in [0.15, 0.2) is 36.4 Å². The first-order valence-electron chi connectivity index (χ1n) is 6.83. The van der Waals surface area contributed by atoms with Gasteiger partial charge in [-0.2, -0.15) is 5.10 Å². The molecule has 0 radical (unpaired) electrons. The fourth-order valence-corrected chi connectivity index (χ4v) is 2.08. The number of carbonyl (C=O) groups is 1. The molecule has 0 saturated carbocycles. The van der Waals surface area contributed by atoms with E-state index in [4.69, 9.17) is 0 Å². The van der Waals surface area contributed by atoms with E-state index in [0.29, 0.717) is 5.92 Å². The molecule has 0 fully saturated rings. The van der Waals surface area contributed by atoms with Crippen LogP contribution >= 0.6 is 0 Å². The molecule has 0 aliphatic heterocycles. The molecule has 0 amide bonds. The number of rotatable bonds is 3. The molecular formula is C17H20N2O. The van der Waals surface area contributed by atoms with Gasteiger partial charge >= 0.3 is 0 Å². The highest BCUT2D eigenvalue weighted by Crippen LogP contribution is 2.15. The lowest BCUT2D eigenvalue weighted by molar-refractivity contribution is 0.0952. The summed E-state index contributed by atoms with van der Waals surface area (Å²) >= 11 is 0. The maximum atomic E-state index is 12.0. The van der Waals surface area contributed by atoms with E-state index in [1.807, 2.05) is 38.1 Å². The Labute approximate surface area is 119 Å². The molecule has 0 unspecified atom stereocenters. The van der Waals surface area contributed by atoms with Crippen molar-refractivity contribution in [3.05, 3.63) is 58.9 Å². The molecule has 1 aromatic carbocycles. The fraction of sp³-hybridized carbons (Fsp3) is 0.294. The molecule has 0 spiro atoms. The summed E-state index contributed by atoms with van der Waals surface area (Å²) in [5.41, 5.74) is 4.02. The number of allylic oxidation sites excluding steroid dienone is 1. The normalized spacial score (nSPS) is 11.4. The molecule has 3 heteroatoms. The van der Waals surface area contributed by atoms with Crippen molar-refractivity contribution in [3.8, 4) is 0 Å². The predicted octanol–water partition coefficient (Wildman–Crippen LogP) is 3.98. The van der Waals surface area contributed by atoms with Crippen LogP contribution in [0.1, 0.15) is 47.1 Å². The fourth-order valence-electron chi connectivity index (χ4n) is 2.08. The summed E-state index contributed by atoms with van der Waals surface area (Å²) in [6.07, 6.45) is 3.38. The van der Waals surface area contributed by atoms with Crippen molar-refractivity contribution < 1.29 is 4.79 Å². The highest BCUT2D eigenvalue weighted by Gasteiger charge is 2.06. The first kappa shape index (κ1) is 14.3. The Kier molecular flexibility index (Phi) is 4.18. The van der Waals surface area contributed by atoms with Crippen LogP contribution in [0.5, 0.6) is 0 Å². The Morgan fingerprint density at radius 3 is 2.35 bits per heavy atom. The lowest BCUT2D eigenvalue weighted by Crippen LogP contribution is -2.10. The minimum Gasteiger partial charge on any atom is -0.267 e. The molecule has 2 aromatic rings. The zero-order valence-electron chi connectivity index (χ0n) is 12.4.